The summed E-state index contributed by atoms with van der Waals surface area (Å²) in [6.07, 6.45) is 5.95. The third-order valence-corrected chi connectivity index (χ3v) is 4.39. The van der Waals surface area contributed by atoms with Gasteiger partial charge in [-0.15, -0.1) is 0 Å². The molecular formula is C15H17IO2. The Morgan fingerprint density at radius 2 is 2.11 bits per heavy atom. The van der Waals surface area contributed by atoms with Crippen molar-refractivity contribution < 1.29 is 9.53 Å². The highest BCUT2D eigenvalue weighted by atomic mass is 127. The SMILES string of the molecule is CCOC(=O)c1ccc([C@H]2CCCC=C2I)cc1. The van der Waals surface area contributed by atoms with Gasteiger partial charge in [-0.05, 0) is 70.1 Å². The molecule has 0 saturated heterocycles. The van der Waals surface area contributed by atoms with Crippen LogP contribution in [-0.4, -0.2) is 12.6 Å². The van der Waals surface area contributed by atoms with Crippen LogP contribution in [0.2, 0.25) is 0 Å². The smallest absolute Gasteiger partial charge is 0.338 e. The van der Waals surface area contributed by atoms with Crippen molar-refractivity contribution in [3.63, 3.8) is 0 Å². The van der Waals surface area contributed by atoms with E-state index in [2.05, 4.69) is 40.8 Å². The molecular weight excluding hydrogens is 339 g/mol. The van der Waals surface area contributed by atoms with Crippen molar-refractivity contribution in [1.82, 2.24) is 0 Å². The number of carbonyl (C=O) groups is 1. The summed E-state index contributed by atoms with van der Waals surface area (Å²) in [5.41, 5.74) is 1.93. The summed E-state index contributed by atoms with van der Waals surface area (Å²) in [4.78, 5) is 11.6. The number of allylic oxidation sites excluding steroid dienone is 2. The minimum Gasteiger partial charge on any atom is -0.462 e. The number of carbonyl (C=O) groups excluding carboxylic acids is 1. The minimum atomic E-state index is -0.238. The molecule has 1 aliphatic carbocycles. The summed E-state index contributed by atoms with van der Waals surface area (Å²) in [5.74, 6) is 0.272. The monoisotopic (exact) mass is 356 g/mol. The quantitative estimate of drug-likeness (QED) is 0.591. The standard InChI is InChI=1S/C15H17IO2/c1-2-18-15(17)12-9-7-11(8-10-12)13-5-3-4-6-14(13)16/h6-10,13H,2-5H2,1H3/t13-/m1/s1. The molecule has 2 nitrogen and oxygen atoms in total. The van der Waals surface area contributed by atoms with Gasteiger partial charge >= 0.3 is 5.97 Å². The molecule has 0 unspecified atom stereocenters. The summed E-state index contributed by atoms with van der Waals surface area (Å²) < 4.78 is 6.40. The lowest BCUT2D eigenvalue weighted by Gasteiger charge is -2.21. The van der Waals surface area contributed by atoms with Crippen LogP contribution in [-0.2, 0) is 4.74 Å². The maximum Gasteiger partial charge on any atom is 0.338 e. The van der Waals surface area contributed by atoms with Crippen LogP contribution in [0.3, 0.4) is 0 Å². The van der Waals surface area contributed by atoms with Crippen LogP contribution >= 0.6 is 22.6 Å². The highest BCUT2D eigenvalue weighted by molar-refractivity contribution is 14.1. The minimum absolute atomic E-state index is 0.238. The van der Waals surface area contributed by atoms with E-state index >= 15 is 0 Å². The van der Waals surface area contributed by atoms with Gasteiger partial charge in [0.15, 0.2) is 0 Å². The van der Waals surface area contributed by atoms with E-state index < -0.39 is 0 Å². The number of hydrogen-bond donors (Lipinski definition) is 0. The van der Waals surface area contributed by atoms with Gasteiger partial charge in [-0.25, -0.2) is 4.79 Å². The van der Waals surface area contributed by atoms with Crippen LogP contribution in [0.5, 0.6) is 0 Å². The molecule has 0 aliphatic heterocycles. The van der Waals surface area contributed by atoms with Crippen LogP contribution in [0, 0.1) is 0 Å². The Kier molecular flexibility index (Phi) is 4.80. The van der Waals surface area contributed by atoms with Gasteiger partial charge in [0.1, 0.15) is 0 Å². The Morgan fingerprint density at radius 3 is 2.72 bits per heavy atom. The van der Waals surface area contributed by atoms with Crippen molar-refractivity contribution >= 4 is 28.6 Å². The summed E-state index contributed by atoms with van der Waals surface area (Å²) in [6, 6.07) is 7.83. The fourth-order valence-corrected chi connectivity index (χ4v) is 3.22. The molecule has 0 fully saturated rings. The molecule has 0 radical (unpaired) electrons. The molecule has 1 atom stereocenters. The van der Waals surface area contributed by atoms with E-state index in [4.69, 9.17) is 4.74 Å². The molecule has 0 amide bonds. The van der Waals surface area contributed by atoms with Gasteiger partial charge in [0.05, 0.1) is 12.2 Å². The average molecular weight is 356 g/mol. The van der Waals surface area contributed by atoms with E-state index in [1.54, 1.807) is 0 Å². The lowest BCUT2D eigenvalue weighted by molar-refractivity contribution is 0.0526. The van der Waals surface area contributed by atoms with Crippen LogP contribution in [0.25, 0.3) is 0 Å². The number of benzene rings is 1. The van der Waals surface area contributed by atoms with E-state index in [0.29, 0.717) is 18.1 Å². The van der Waals surface area contributed by atoms with Crippen molar-refractivity contribution in [3.05, 3.63) is 45.0 Å². The molecule has 0 saturated carbocycles. The van der Waals surface area contributed by atoms with Gasteiger partial charge in [-0.3, -0.25) is 0 Å². The van der Waals surface area contributed by atoms with E-state index in [1.165, 1.54) is 28.4 Å². The Morgan fingerprint density at radius 1 is 1.39 bits per heavy atom. The van der Waals surface area contributed by atoms with Gasteiger partial charge in [0.25, 0.3) is 0 Å². The zero-order valence-corrected chi connectivity index (χ0v) is 12.6. The van der Waals surface area contributed by atoms with E-state index in [9.17, 15) is 4.79 Å². The van der Waals surface area contributed by atoms with Crippen molar-refractivity contribution in [2.45, 2.75) is 32.1 Å². The first-order chi connectivity index (χ1) is 8.72. The second kappa shape index (κ2) is 6.36. The number of halogens is 1. The number of ether oxygens (including phenoxy) is 1. The van der Waals surface area contributed by atoms with Crippen molar-refractivity contribution in [3.8, 4) is 0 Å². The summed E-state index contributed by atoms with van der Waals surface area (Å²) in [5, 5.41) is 0. The summed E-state index contributed by atoms with van der Waals surface area (Å²) in [6.45, 7) is 2.24. The topological polar surface area (TPSA) is 26.3 Å². The third-order valence-electron chi connectivity index (χ3n) is 3.19. The highest BCUT2D eigenvalue weighted by Gasteiger charge is 2.18. The van der Waals surface area contributed by atoms with E-state index in [-0.39, 0.29) is 5.97 Å². The molecule has 0 spiro atoms. The molecule has 0 aromatic heterocycles. The summed E-state index contributed by atoms with van der Waals surface area (Å²) in [7, 11) is 0. The molecule has 0 N–H and O–H groups in total. The molecule has 0 bridgehead atoms. The molecule has 3 heteroatoms. The van der Waals surface area contributed by atoms with Crippen LogP contribution < -0.4 is 0 Å². The zero-order chi connectivity index (χ0) is 13.0. The predicted octanol–water partition coefficient (Wildman–Crippen LogP) is 4.45. The second-order valence-electron chi connectivity index (χ2n) is 4.41. The molecule has 18 heavy (non-hydrogen) atoms. The lowest BCUT2D eigenvalue weighted by Crippen LogP contribution is -2.06. The largest absolute Gasteiger partial charge is 0.462 e. The fraction of sp³-hybridized carbons (Fsp3) is 0.400. The molecule has 1 aromatic carbocycles. The first-order valence-electron chi connectivity index (χ1n) is 6.35. The number of hydrogen-bond acceptors (Lipinski definition) is 2. The Balaban J connectivity index is 2.14. The zero-order valence-electron chi connectivity index (χ0n) is 10.5. The third kappa shape index (κ3) is 3.13. The Hall–Kier alpha value is -0.840. The highest BCUT2D eigenvalue weighted by Crippen LogP contribution is 2.37. The van der Waals surface area contributed by atoms with Crippen molar-refractivity contribution in [2.24, 2.45) is 0 Å². The summed E-state index contributed by atoms with van der Waals surface area (Å²) >= 11 is 2.43. The Bertz CT molecular complexity index is 448. The maximum absolute atomic E-state index is 11.6. The van der Waals surface area contributed by atoms with Crippen molar-refractivity contribution in [1.29, 1.82) is 0 Å². The molecule has 0 heterocycles. The molecule has 2 rings (SSSR count). The van der Waals surface area contributed by atoms with Gasteiger partial charge in [0, 0.05) is 5.92 Å². The molecule has 1 aromatic rings. The molecule has 96 valence electrons. The van der Waals surface area contributed by atoms with Gasteiger partial charge < -0.3 is 4.74 Å². The first-order valence-corrected chi connectivity index (χ1v) is 7.43. The number of esters is 1. The van der Waals surface area contributed by atoms with Gasteiger partial charge in [-0.1, -0.05) is 18.2 Å². The molecule has 1 aliphatic rings. The Labute approximate surface area is 122 Å². The van der Waals surface area contributed by atoms with Crippen LogP contribution in [0.4, 0.5) is 0 Å². The number of rotatable bonds is 3. The maximum atomic E-state index is 11.6. The fourth-order valence-electron chi connectivity index (χ4n) is 2.23. The van der Waals surface area contributed by atoms with Crippen LogP contribution in [0.1, 0.15) is 48.0 Å². The van der Waals surface area contributed by atoms with Crippen LogP contribution in [0.15, 0.2) is 33.9 Å². The van der Waals surface area contributed by atoms with Gasteiger partial charge in [0.2, 0.25) is 0 Å². The average Bonchev–Trinajstić information content (AvgIpc) is 2.40. The normalized spacial score (nSPS) is 19.2. The second-order valence-corrected chi connectivity index (χ2v) is 5.66. The predicted molar refractivity (Wildman–Crippen MR) is 81.1 cm³/mol. The van der Waals surface area contributed by atoms with E-state index in [1.807, 2.05) is 19.1 Å². The van der Waals surface area contributed by atoms with E-state index in [0.717, 1.165) is 0 Å². The first kappa shape index (κ1) is 13.6. The van der Waals surface area contributed by atoms with Crippen molar-refractivity contribution in [2.75, 3.05) is 6.61 Å². The lowest BCUT2D eigenvalue weighted by atomic mass is 9.89. The van der Waals surface area contributed by atoms with Gasteiger partial charge in [-0.2, -0.15) is 0 Å².